The summed E-state index contributed by atoms with van der Waals surface area (Å²) in [5, 5.41) is 3.80. The third kappa shape index (κ3) is 4.05. The van der Waals surface area contributed by atoms with Gasteiger partial charge in [0.2, 0.25) is 11.7 Å². The first kappa shape index (κ1) is 15.0. The second-order valence-electron chi connectivity index (χ2n) is 4.41. The number of carbonyl (C=O) groups is 1. The van der Waals surface area contributed by atoms with Crippen molar-refractivity contribution in [3.05, 3.63) is 35.5 Å². The van der Waals surface area contributed by atoms with E-state index in [1.165, 1.54) is 0 Å². The number of rotatable bonds is 8. The molecule has 0 aliphatic carbocycles. The van der Waals surface area contributed by atoms with Crippen molar-refractivity contribution in [1.29, 1.82) is 0 Å². The van der Waals surface area contributed by atoms with Crippen LogP contribution < -0.4 is 9.47 Å². The quantitative estimate of drug-likeness (QED) is 0.696. The van der Waals surface area contributed by atoms with E-state index in [-0.39, 0.29) is 6.61 Å². The molecule has 0 bridgehead atoms. The molecular weight excluding hydrogens is 272 g/mol. The molecule has 2 aromatic rings. The maximum absolute atomic E-state index is 11.0. The van der Waals surface area contributed by atoms with Crippen LogP contribution in [0.2, 0.25) is 0 Å². The Morgan fingerprint density at radius 2 is 2.14 bits per heavy atom. The summed E-state index contributed by atoms with van der Waals surface area (Å²) in [6.07, 6.45) is 2.33. The number of aryl methyl sites for hydroxylation is 1. The molecule has 112 valence electrons. The molecule has 0 saturated carbocycles. The molecule has 6 nitrogen and oxygen atoms in total. The lowest BCUT2D eigenvalue weighted by molar-refractivity contribution is 0.111. The Hall–Kier alpha value is -2.37. The number of hydrogen-bond acceptors (Lipinski definition) is 6. The van der Waals surface area contributed by atoms with Gasteiger partial charge in [-0.3, -0.25) is 4.79 Å². The van der Waals surface area contributed by atoms with Crippen molar-refractivity contribution in [2.24, 2.45) is 0 Å². The lowest BCUT2D eigenvalue weighted by Gasteiger charge is -2.09. The van der Waals surface area contributed by atoms with Crippen molar-refractivity contribution in [3.8, 4) is 11.5 Å². The molecule has 0 fully saturated rings. The van der Waals surface area contributed by atoms with Crippen molar-refractivity contribution in [2.75, 3.05) is 6.61 Å². The van der Waals surface area contributed by atoms with E-state index in [4.69, 9.17) is 14.0 Å². The summed E-state index contributed by atoms with van der Waals surface area (Å²) in [4.78, 5) is 15.2. The summed E-state index contributed by atoms with van der Waals surface area (Å²) in [7, 11) is 0. The van der Waals surface area contributed by atoms with Gasteiger partial charge in [0.1, 0.15) is 11.5 Å². The van der Waals surface area contributed by atoms with Crippen LogP contribution in [0.4, 0.5) is 0 Å². The topological polar surface area (TPSA) is 74.5 Å². The highest BCUT2D eigenvalue weighted by molar-refractivity contribution is 5.79. The summed E-state index contributed by atoms with van der Waals surface area (Å²) in [6, 6.07) is 5.11. The first-order chi connectivity index (χ1) is 10.3. The Balaban J connectivity index is 2.07. The SMILES string of the molecule is CCCOc1ccc(C=O)c(OCc2noc(CC)n2)c1. The fourth-order valence-electron chi connectivity index (χ4n) is 1.68. The first-order valence-electron chi connectivity index (χ1n) is 6.93. The molecule has 0 spiro atoms. The van der Waals surface area contributed by atoms with Gasteiger partial charge in [-0.15, -0.1) is 0 Å². The highest BCUT2D eigenvalue weighted by atomic mass is 16.5. The number of benzene rings is 1. The molecular formula is C15H18N2O4. The van der Waals surface area contributed by atoms with E-state index in [1.54, 1.807) is 18.2 Å². The maximum atomic E-state index is 11.0. The second kappa shape index (κ2) is 7.42. The van der Waals surface area contributed by atoms with Gasteiger partial charge in [0, 0.05) is 12.5 Å². The Morgan fingerprint density at radius 1 is 1.29 bits per heavy atom. The molecule has 1 aromatic carbocycles. The van der Waals surface area contributed by atoms with Crippen LogP contribution in [-0.2, 0) is 13.0 Å². The normalized spacial score (nSPS) is 10.4. The van der Waals surface area contributed by atoms with Gasteiger partial charge in [-0.25, -0.2) is 0 Å². The summed E-state index contributed by atoms with van der Waals surface area (Å²) in [5.41, 5.74) is 0.457. The van der Waals surface area contributed by atoms with E-state index in [0.29, 0.717) is 41.8 Å². The van der Waals surface area contributed by atoms with Crippen molar-refractivity contribution >= 4 is 6.29 Å². The average Bonchev–Trinajstić information content (AvgIpc) is 2.99. The Morgan fingerprint density at radius 3 is 2.81 bits per heavy atom. The molecule has 0 radical (unpaired) electrons. The molecule has 1 heterocycles. The first-order valence-corrected chi connectivity index (χ1v) is 6.93. The van der Waals surface area contributed by atoms with Gasteiger partial charge in [-0.05, 0) is 18.6 Å². The number of carbonyl (C=O) groups excluding carboxylic acids is 1. The van der Waals surface area contributed by atoms with Gasteiger partial charge >= 0.3 is 0 Å². The standard InChI is InChI=1S/C15H18N2O4/c1-3-7-19-12-6-5-11(9-18)13(8-12)20-10-14-16-15(4-2)21-17-14/h5-6,8-9H,3-4,7,10H2,1-2H3. The highest BCUT2D eigenvalue weighted by Gasteiger charge is 2.09. The van der Waals surface area contributed by atoms with E-state index in [1.807, 2.05) is 13.8 Å². The fourth-order valence-corrected chi connectivity index (χ4v) is 1.68. The van der Waals surface area contributed by atoms with Gasteiger partial charge in [-0.2, -0.15) is 4.98 Å². The Kier molecular flexibility index (Phi) is 5.31. The zero-order chi connectivity index (χ0) is 15.1. The smallest absolute Gasteiger partial charge is 0.226 e. The van der Waals surface area contributed by atoms with E-state index < -0.39 is 0 Å². The summed E-state index contributed by atoms with van der Waals surface area (Å²) < 4.78 is 16.1. The Labute approximate surface area is 123 Å². The largest absolute Gasteiger partial charge is 0.493 e. The number of nitrogens with zero attached hydrogens (tertiary/aromatic N) is 2. The van der Waals surface area contributed by atoms with E-state index in [2.05, 4.69) is 10.1 Å². The third-order valence-corrected chi connectivity index (χ3v) is 2.75. The van der Waals surface area contributed by atoms with Gasteiger partial charge in [0.15, 0.2) is 12.9 Å². The molecule has 0 aliphatic rings. The zero-order valence-corrected chi connectivity index (χ0v) is 12.2. The van der Waals surface area contributed by atoms with Crippen LogP contribution in [0.1, 0.15) is 42.3 Å². The molecule has 2 rings (SSSR count). The minimum Gasteiger partial charge on any atom is -0.493 e. The molecule has 6 heteroatoms. The van der Waals surface area contributed by atoms with E-state index in [9.17, 15) is 4.79 Å². The van der Waals surface area contributed by atoms with Crippen LogP contribution in [0, 0.1) is 0 Å². The minimum absolute atomic E-state index is 0.140. The third-order valence-electron chi connectivity index (χ3n) is 2.75. The van der Waals surface area contributed by atoms with Crippen molar-refractivity contribution in [1.82, 2.24) is 10.1 Å². The monoisotopic (exact) mass is 290 g/mol. The van der Waals surface area contributed by atoms with Crippen LogP contribution in [0.5, 0.6) is 11.5 Å². The van der Waals surface area contributed by atoms with E-state index in [0.717, 1.165) is 12.7 Å². The maximum Gasteiger partial charge on any atom is 0.226 e. The van der Waals surface area contributed by atoms with Crippen LogP contribution in [0.3, 0.4) is 0 Å². The van der Waals surface area contributed by atoms with Gasteiger partial charge in [0.05, 0.1) is 12.2 Å². The summed E-state index contributed by atoms with van der Waals surface area (Å²) in [6.45, 7) is 4.71. The van der Waals surface area contributed by atoms with Crippen LogP contribution in [0.25, 0.3) is 0 Å². The van der Waals surface area contributed by atoms with Crippen molar-refractivity contribution in [3.63, 3.8) is 0 Å². The van der Waals surface area contributed by atoms with Gasteiger partial charge < -0.3 is 14.0 Å². The molecule has 1 aromatic heterocycles. The molecule has 0 saturated heterocycles. The van der Waals surface area contributed by atoms with Crippen molar-refractivity contribution in [2.45, 2.75) is 33.3 Å². The van der Waals surface area contributed by atoms with Crippen LogP contribution in [0.15, 0.2) is 22.7 Å². The van der Waals surface area contributed by atoms with E-state index >= 15 is 0 Å². The molecule has 0 aliphatic heterocycles. The highest BCUT2D eigenvalue weighted by Crippen LogP contribution is 2.24. The molecule has 0 N–H and O–H groups in total. The minimum atomic E-state index is 0.140. The molecule has 21 heavy (non-hydrogen) atoms. The lowest BCUT2D eigenvalue weighted by Crippen LogP contribution is -2.01. The van der Waals surface area contributed by atoms with Crippen LogP contribution >= 0.6 is 0 Å². The number of ether oxygens (including phenoxy) is 2. The number of hydrogen-bond donors (Lipinski definition) is 0. The number of aldehydes is 1. The summed E-state index contributed by atoms with van der Waals surface area (Å²) >= 11 is 0. The predicted molar refractivity (Wildman–Crippen MR) is 75.6 cm³/mol. The average molecular weight is 290 g/mol. The fraction of sp³-hybridized carbons (Fsp3) is 0.400. The number of aromatic nitrogens is 2. The molecule has 0 amide bonds. The lowest BCUT2D eigenvalue weighted by atomic mass is 10.2. The predicted octanol–water partition coefficient (Wildman–Crippen LogP) is 2.81. The zero-order valence-electron chi connectivity index (χ0n) is 12.2. The van der Waals surface area contributed by atoms with Gasteiger partial charge in [-0.1, -0.05) is 19.0 Å². The molecule has 0 atom stereocenters. The van der Waals surface area contributed by atoms with Crippen LogP contribution in [-0.4, -0.2) is 23.0 Å². The van der Waals surface area contributed by atoms with Gasteiger partial charge in [0.25, 0.3) is 0 Å². The summed E-state index contributed by atoms with van der Waals surface area (Å²) in [5.74, 6) is 2.12. The second-order valence-corrected chi connectivity index (χ2v) is 4.41. The molecule has 0 unspecified atom stereocenters. The van der Waals surface area contributed by atoms with Crippen molar-refractivity contribution < 1.29 is 18.8 Å². The Bertz CT molecular complexity index is 595.